The molecule has 330 valence electrons. The topological polar surface area (TPSA) is 19.6 Å². The minimum Gasteiger partial charge on any atom is -0.456 e. The smallest absolute Gasteiger partial charge is 0.136 e. The van der Waals surface area contributed by atoms with Crippen LogP contribution in [0.3, 0.4) is 0 Å². The van der Waals surface area contributed by atoms with Crippen LogP contribution in [0.25, 0.3) is 76.9 Å². The van der Waals surface area contributed by atoms with E-state index in [1.807, 2.05) is 0 Å². The second-order valence-electron chi connectivity index (χ2n) is 19.0. The van der Waals surface area contributed by atoms with Crippen LogP contribution in [0.15, 0.2) is 253 Å². The molecule has 0 bridgehead atoms. The van der Waals surface area contributed by atoms with Crippen LogP contribution in [-0.4, -0.2) is 0 Å². The summed E-state index contributed by atoms with van der Waals surface area (Å²) in [5.74, 6) is 0. The van der Waals surface area contributed by atoms with Gasteiger partial charge in [0.1, 0.15) is 11.2 Å². The first-order valence-electron chi connectivity index (χ1n) is 23.8. The molecule has 3 heteroatoms. The maximum Gasteiger partial charge on any atom is 0.136 e. The number of hydrogen-bond acceptors (Lipinski definition) is 3. The molecule has 11 aromatic carbocycles. The number of benzene rings is 11. The molecule has 0 fully saturated rings. The third-order valence-corrected chi connectivity index (χ3v) is 13.6. The van der Waals surface area contributed by atoms with Gasteiger partial charge in [-0.3, -0.25) is 0 Å². The average molecular weight is 887 g/mol. The highest BCUT2D eigenvalue weighted by atomic mass is 16.3. The maximum absolute atomic E-state index is 6.86. The van der Waals surface area contributed by atoms with E-state index in [1.54, 1.807) is 0 Å². The fourth-order valence-electron chi connectivity index (χ4n) is 10.1. The van der Waals surface area contributed by atoms with Crippen molar-refractivity contribution in [2.45, 2.75) is 26.2 Å². The van der Waals surface area contributed by atoms with Crippen molar-refractivity contribution >= 4 is 77.6 Å². The van der Waals surface area contributed by atoms with Crippen LogP contribution in [0.4, 0.5) is 34.1 Å². The van der Waals surface area contributed by atoms with Crippen molar-refractivity contribution in [2.24, 2.45) is 0 Å². The van der Waals surface area contributed by atoms with Crippen molar-refractivity contribution in [3.8, 4) is 33.4 Å². The summed E-state index contributed by atoms with van der Waals surface area (Å²) in [5.41, 5.74) is 16.6. The molecule has 0 radical (unpaired) electrons. The molecule has 0 spiro atoms. The van der Waals surface area contributed by atoms with Gasteiger partial charge in [-0.15, -0.1) is 0 Å². The largest absolute Gasteiger partial charge is 0.456 e. The van der Waals surface area contributed by atoms with Gasteiger partial charge >= 0.3 is 0 Å². The van der Waals surface area contributed by atoms with E-state index in [0.717, 1.165) is 88.7 Å². The molecule has 0 N–H and O–H groups in total. The van der Waals surface area contributed by atoms with Crippen LogP contribution < -0.4 is 9.80 Å². The molecule has 69 heavy (non-hydrogen) atoms. The summed E-state index contributed by atoms with van der Waals surface area (Å²) in [4.78, 5) is 4.80. The predicted molar refractivity (Wildman–Crippen MR) is 293 cm³/mol. The minimum atomic E-state index is 0.0458. The Hall–Kier alpha value is -8.66. The number of rotatable bonds is 9. The van der Waals surface area contributed by atoms with Crippen molar-refractivity contribution < 1.29 is 4.42 Å². The number of fused-ring (bicyclic) bond motifs is 5. The van der Waals surface area contributed by atoms with E-state index < -0.39 is 0 Å². The molecule has 0 amide bonds. The van der Waals surface area contributed by atoms with E-state index in [9.17, 15) is 0 Å². The Balaban J connectivity index is 0.987. The van der Waals surface area contributed by atoms with Gasteiger partial charge in [0.2, 0.25) is 0 Å². The molecule has 1 aromatic heterocycles. The lowest BCUT2D eigenvalue weighted by Gasteiger charge is -2.30. The minimum absolute atomic E-state index is 0.0458. The molecular formula is C66H50N2O. The highest BCUT2D eigenvalue weighted by Crippen LogP contribution is 2.47. The lowest BCUT2D eigenvalue weighted by atomic mass is 9.87. The normalized spacial score (nSPS) is 11.7. The van der Waals surface area contributed by atoms with E-state index in [-0.39, 0.29) is 5.41 Å². The molecule has 0 saturated heterocycles. The highest BCUT2D eigenvalue weighted by molar-refractivity contribution is 6.14. The molecular weight excluding hydrogens is 837 g/mol. The average Bonchev–Trinajstić information content (AvgIpc) is 3.74. The molecule has 0 unspecified atom stereocenters. The Morgan fingerprint density at radius 1 is 0.304 bits per heavy atom. The van der Waals surface area contributed by atoms with Gasteiger partial charge in [-0.05, 0) is 128 Å². The molecule has 0 aliphatic carbocycles. The monoisotopic (exact) mass is 886 g/mol. The zero-order valence-corrected chi connectivity index (χ0v) is 39.0. The number of nitrogens with zero attached hydrogens (tertiary/aromatic N) is 2. The summed E-state index contributed by atoms with van der Waals surface area (Å²) in [7, 11) is 0. The lowest BCUT2D eigenvalue weighted by Crippen LogP contribution is -2.13. The predicted octanol–water partition coefficient (Wildman–Crippen LogP) is 19.1. The number of hydrogen-bond donors (Lipinski definition) is 0. The van der Waals surface area contributed by atoms with Crippen molar-refractivity contribution in [1.29, 1.82) is 0 Å². The van der Waals surface area contributed by atoms with E-state index in [1.165, 1.54) is 27.8 Å². The molecule has 0 saturated carbocycles. The Labute approximate surface area is 403 Å². The standard InChI is InChI=1S/C66H50N2O/c1-66(2,3)52-33-37-53(38-34-52)67(61-28-16-13-25-56(61)45-19-7-4-8-20-45)54-35-31-48-41-59-60-42-49-32-36-55(40-51(49)44-65(60)69-64(59)43-50(48)39-54)68(62-29-17-14-26-57(62)46-21-9-5-10-22-46)63-30-18-15-27-58(63)47-23-11-6-12-24-47/h4-44H,1-3H3. The van der Waals surface area contributed by atoms with Gasteiger partial charge in [0.15, 0.2) is 0 Å². The van der Waals surface area contributed by atoms with Crippen molar-refractivity contribution in [3.63, 3.8) is 0 Å². The SMILES string of the molecule is CC(C)(C)c1ccc(N(c2ccc3cc4c(cc3c2)oc2cc3cc(N(c5ccccc5-c5ccccc5)c5ccccc5-c5ccccc5)ccc3cc24)c2ccccc2-c2ccccc2)cc1. The van der Waals surface area contributed by atoms with E-state index in [0.29, 0.717) is 0 Å². The van der Waals surface area contributed by atoms with Gasteiger partial charge in [-0.25, -0.2) is 0 Å². The molecule has 12 rings (SSSR count). The fourth-order valence-corrected chi connectivity index (χ4v) is 10.1. The summed E-state index contributed by atoms with van der Waals surface area (Å²) < 4.78 is 6.86. The summed E-state index contributed by atoms with van der Waals surface area (Å²) >= 11 is 0. The van der Waals surface area contributed by atoms with Crippen LogP contribution >= 0.6 is 0 Å². The third-order valence-electron chi connectivity index (χ3n) is 13.6. The Kier molecular flexibility index (Phi) is 10.4. The molecule has 12 aromatic rings. The summed E-state index contributed by atoms with van der Waals surface area (Å²) in [5, 5.41) is 6.75. The van der Waals surface area contributed by atoms with Gasteiger partial charge in [0.05, 0.1) is 17.1 Å². The van der Waals surface area contributed by atoms with Crippen LogP contribution in [0.1, 0.15) is 26.3 Å². The molecule has 0 aliphatic rings. The summed E-state index contributed by atoms with van der Waals surface area (Å²) in [6.45, 7) is 6.79. The number of para-hydroxylation sites is 3. The highest BCUT2D eigenvalue weighted by Gasteiger charge is 2.23. The fraction of sp³-hybridized carbons (Fsp3) is 0.0606. The summed E-state index contributed by atoms with van der Waals surface area (Å²) in [6.07, 6.45) is 0. The van der Waals surface area contributed by atoms with Crippen molar-refractivity contribution in [3.05, 3.63) is 254 Å². The Morgan fingerprint density at radius 2 is 0.667 bits per heavy atom. The van der Waals surface area contributed by atoms with Gasteiger partial charge in [-0.2, -0.15) is 0 Å². The first-order chi connectivity index (χ1) is 33.8. The summed E-state index contributed by atoms with van der Waals surface area (Å²) in [6, 6.07) is 89.9. The lowest BCUT2D eigenvalue weighted by molar-refractivity contribution is 0.590. The number of furan rings is 1. The third kappa shape index (κ3) is 7.78. The molecule has 0 aliphatic heterocycles. The quantitative estimate of drug-likeness (QED) is 0.144. The Morgan fingerprint density at radius 3 is 1.09 bits per heavy atom. The number of anilines is 6. The van der Waals surface area contributed by atoms with Crippen molar-refractivity contribution in [1.82, 2.24) is 0 Å². The maximum atomic E-state index is 6.86. The van der Waals surface area contributed by atoms with Gasteiger partial charge in [0, 0.05) is 44.5 Å². The van der Waals surface area contributed by atoms with Crippen LogP contribution in [-0.2, 0) is 5.41 Å². The molecule has 1 heterocycles. The first kappa shape index (κ1) is 41.7. The van der Waals surface area contributed by atoms with Crippen LogP contribution in [0.5, 0.6) is 0 Å². The zero-order valence-electron chi connectivity index (χ0n) is 39.0. The van der Waals surface area contributed by atoms with Crippen LogP contribution in [0, 0.1) is 0 Å². The first-order valence-corrected chi connectivity index (χ1v) is 23.8. The van der Waals surface area contributed by atoms with Gasteiger partial charge in [0.25, 0.3) is 0 Å². The van der Waals surface area contributed by atoms with Gasteiger partial charge in [-0.1, -0.05) is 191 Å². The van der Waals surface area contributed by atoms with Crippen LogP contribution in [0.2, 0.25) is 0 Å². The van der Waals surface area contributed by atoms with Crippen molar-refractivity contribution in [2.75, 3.05) is 9.80 Å². The van der Waals surface area contributed by atoms with E-state index >= 15 is 0 Å². The van der Waals surface area contributed by atoms with E-state index in [4.69, 9.17) is 4.42 Å². The second-order valence-corrected chi connectivity index (χ2v) is 19.0. The second kappa shape index (κ2) is 17.2. The molecule has 3 nitrogen and oxygen atoms in total. The van der Waals surface area contributed by atoms with Gasteiger partial charge < -0.3 is 14.2 Å². The Bertz CT molecular complexity index is 3730. The zero-order chi connectivity index (χ0) is 46.5. The van der Waals surface area contributed by atoms with E-state index in [2.05, 4.69) is 279 Å². The molecule has 0 atom stereocenters.